The van der Waals surface area contributed by atoms with E-state index in [-0.39, 0.29) is 29.8 Å². The average molecular weight is 859 g/mol. The minimum Gasteiger partial charge on any atom is -0.453 e. The van der Waals surface area contributed by atoms with Gasteiger partial charge in [-0.1, -0.05) is 56.3 Å². The van der Waals surface area contributed by atoms with Gasteiger partial charge >= 0.3 is 12.2 Å². The van der Waals surface area contributed by atoms with Crippen molar-refractivity contribution in [3.63, 3.8) is 0 Å². The number of benzene rings is 3. The van der Waals surface area contributed by atoms with Crippen LogP contribution in [-0.4, -0.2) is 87.1 Å². The topological polar surface area (TPSA) is 175 Å². The van der Waals surface area contributed by atoms with E-state index in [4.69, 9.17) is 19.4 Å². The Balaban J connectivity index is 0.950. The lowest BCUT2D eigenvalue weighted by atomic mass is 10.0. The number of aromatic amines is 2. The Kier molecular flexibility index (Phi) is 11.0. The number of methoxy groups -OCH3 is 2. The average Bonchev–Trinajstić information content (AvgIpc) is 4.13. The van der Waals surface area contributed by atoms with Gasteiger partial charge in [-0.25, -0.2) is 19.6 Å². The summed E-state index contributed by atoms with van der Waals surface area (Å²) in [5.41, 5.74) is 8.52. The van der Waals surface area contributed by atoms with Crippen molar-refractivity contribution in [1.29, 1.82) is 0 Å². The fourth-order valence-corrected chi connectivity index (χ4v) is 11.2. The molecule has 16 heteroatoms. The number of ether oxygens (including phenoxy) is 2. The van der Waals surface area contributed by atoms with Crippen LogP contribution in [0.3, 0.4) is 0 Å². The molecule has 0 saturated carbocycles. The zero-order valence-corrected chi connectivity index (χ0v) is 35.8. The van der Waals surface area contributed by atoms with Crippen LogP contribution in [0.15, 0.2) is 77.5 Å². The van der Waals surface area contributed by atoms with Gasteiger partial charge in [-0.15, -0.1) is 22.7 Å². The SMILES string of the molecule is COC(=O)N[C@@H](C(=O)N1CCCC1c1nc2ccc(-c3csc4c(-c5ccc6[nH]c(C7CCCN7C(=O)[C@H](NC(=O)OC)C(C)C)nc6c5)csc34)cc2[nH]1)c1ccccc1. The molecular formula is C45H46N8O6S2. The Morgan fingerprint density at radius 2 is 1.28 bits per heavy atom. The molecule has 61 heavy (non-hydrogen) atoms. The molecule has 314 valence electrons. The third kappa shape index (κ3) is 7.58. The molecule has 2 unspecified atom stereocenters. The first-order valence-corrected chi connectivity index (χ1v) is 22.2. The number of H-pyrrole nitrogens is 2. The van der Waals surface area contributed by atoms with Crippen LogP contribution in [0.25, 0.3) is 53.7 Å². The van der Waals surface area contributed by atoms with E-state index in [2.05, 4.69) is 61.7 Å². The van der Waals surface area contributed by atoms with Crippen molar-refractivity contribution in [2.75, 3.05) is 27.3 Å². The standard InChI is InChI=1S/C45H46N8O6S2/c1-24(2)36(50-44(56)58-3)42(54)52-18-8-12-34(52)40-46-30-16-14-26(20-32(30)48-40)28-22-60-39-29(23-61-38(28)39)27-15-17-31-33(21-27)49-41(47-31)35-13-9-19-53(35)43(55)37(51-45(57)59-4)25-10-6-5-7-11-25/h5-7,10-11,14-17,20-24,34-37H,8-9,12-13,18-19H2,1-4H3,(H,46,48)(H,47,49)(H,50,56)(H,51,57)/t34?,35?,36-,37-/m1/s1. The molecule has 6 heterocycles. The molecule has 0 aliphatic carbocycles. The molecule has 3 aromatic carbocycles. The van der Waals surface area contributed by atoms with E-state index in [0.29, 0.717) is 18.7 Å². The second-order valence-corrected chi connectivity index (χ2v) is 17.6. The van der Waals surface area contributed by atoms with E-state index in [0.717, 1.165) is 81.7 Å². The number of fused-ring (bicyclic) bond motifs is 3. The maximum absolute atomic E-state index is 14.0. The molecule has 4 N–H and O–H groups in total. The van der Waals surface area contributed by atoms with Crippen LogP contribution in [-0.2, 0) is 19.1 Å². The first-order chi connectivity index (χ1) is 29.6. The van der Waals surface area contributed by atoms with Crippen LogP contribution >= 0.6 is 22.7 Å². The Morgan fingerprint density at radius 1 is 0.705 bits per heavy atom. The summed E-state index contributed by atoms with van der Waals surface area (Å²) in [7, 11) is 2.58. The Hall–Kier alpha value is -6.26. The predicted molar refractivity (Wildman–Crippen MR) is 236 cm³/mol. The van der Waals surface area contributed by atoms with E-state index in [1.54, 1.807) is 22.7 Å². The normalized spacial score (nSPS) is 17.7. The van der Waals surface area contributed by atoms with E-state index in [1.807, 2.05) is 60.0 Å². The molecule has 2 fully saturated rings. The van der Waals surface area contributed by atoms with Crippen LogP contribution in [0.4, 0.5) is 9.59 Å². The molecule has 7 aromatic rings. The quantitative estimate of drug-likeness (QED) is 0.106. The summed E-state index contributed by atoms with van der Waals surface area (Å²) in [6.07, 6.45) is 1.90. The van der Waals surface area contributed by atoms with Crippen LogP contribution < -0.4 is 10.6 Å². The predicted octanol–water partition coefficient (Wildman–Crippen LogP) is 8.85. The fraction of sp³-hybridized carbons (Fsp3) is 0.333. The molecule has 14 nitrogen and oxygen atoms in total. The van der Waals surface area contributed by atoms with Crippen LogP contribution in [0.2, 0.25) is 0 Å². The number of alkyl carbamates (subject to hydrolysis) is 2. The second-order valence-electron chi connectivity index (χ2n) is 15.9. The Morgan fingerprint density at radius 3 is 1.92 bits per heavy atom. The van der Waals surface area contributed by atoms with Gasteiger partial charge in [-0.3, -0.25) is 9.59 Å². The molecule has 2 saturated heterocycles. The van der Waals surface area contributed by atoms with Crippen molar-refractivity contribution in [3.05, 3.63) is 94.7 Å². The minimum absolute atomic E-state index is 0.113. The van der Waals surface area contributed by atoms with Gasteiger partial charge in [0.25, 0.3) is 5.91 Å². The number of amides is 4. The molecule has 0 radical (unpaired) electrons. The number of hydrogen-bond acceptors (Lipinski definition) is 10. The Labute approximate surface area is 359 Å². The monoisotopic (exact) mass is 858 g/mol. The molecule has 4 amide bonds. The maximum Gasteiger partial charge on any atom is 0.407 e. The van der Waals surface area contributed by atoms with Gasteiger partial charge in [0, 0.05) is 35.0 Å². The van der Waals surface area contributed by atoms with Crippen molar-refractivity contribution >= 4 is 78.1 Å². The van der Waals surface area contributed by atoms with E-state index in [9.17, 15) is 19.2 Å². The van der Waals surface area contributed by atoms with Crippen molar-refractivity contribution in [3.8, 4) is 22.3 Å². The molecule has 9 rings (SSSR count). The fourth-order valence-electron chi connectivity index (χ4n) is 8.71. The van der Waals surface area contributed by atoms with Crippen LogP contribution in [0.5, 0.6) is 0 Å². The highest BCUT2D eigenvalue weighted by Gasteiger charge is 2.39. The third-order valence-corrected chi connectivity index (χ3v) is 14.0. The number of rotatable bonds is 10. The molecule has 0 bridgehead atoms. The number of aromatic nitrogens is 4. The number of hydrogen-bond donors (Lipinski definition) is 4. The lowest BCUT2D eigenvalue weighted by molar-refractivity contribution is -0.135. The molecule has 2 aliphatic heterocycles. The zero-order chi connectivity index (χ0) is 42.4. The number of likely N-dealkylation sites (tertiary alicyclic amines) is 2. The smallest absolute Gasteiger partial charge is 0.407 e. The summed E-state index contributed by atoms with van der Waals surface area (Å²) in [4.78, 5) is 72.7. The highest BCUT2D eigenvalue weighted by Crippen LogP contribution is 2.45. The number of nitrogens with zero attached hydrogens (tertiary/aromatic N) is 4. The molecule has 2 aliphatic rings. The number of thiophene rings is 2. The van der Waals surface area contributed by atoms with Gasteiger partial charge in [0.2, 0.25) is 5.91 Å². The van der Waals surface area contributed by atoms with Gasteiger partial charge in [-0.2, -0.15) is 0 Å². The van der Waals surface area contributed by atoms with E-state index in [1.165, 1.54) is 23.6 Å². The van der Waals surface area contributed by atoms with Gasteiger partial charge in [0.05, 0.1) is 57.8 Å². The number of nitrogens with one attached hydrogen (secondary N) is 4. The first kappa shape index (κ1) is 40.2. The minimum atomic E-state index is -0.886. The first-order valence-electron chi connectivity index (χ1n) is 20.5. The van der Waals surface area contributed by atoms with Crippen molar-refractivity contribution in [1.82, 2.24) is 40.4 Å². The molecular weight excluding hydrogens is 813 g/mol. The van der Waals surface area contributed by atoms with Crippen LogP contribution in [0, 0.1) is 5.92 Å². The third-order valence-electron chi connectivity index (χ3n) is 11.8. The largest absolute Gasteiger partial charge is 0.453 e. The molecule has 4 aromatic heterocycles. The van der Waals surface area contributed by atoms with Gasteiger partial charge < -0.3 is 39.9 Å². The van der Waals surface area contributed by atoms with Crippen molar-refractivity contribution in [2.24, 2.45) is 5.92 Å². The maximum atomic E-state index is 14.0. The van der Waals surface area contributed by atoms with Gasteiger partial charge in [0.1, 0.15) is 23.7 Å². The second kappa shape index (κ2) is 16.7. The highest BCUT2D eigenvalue weighted by molar-refractivity contribution is 7.27. The van der Waals surface area contributed by atoms with Crippen molar-refractivity contribution < 1.29 is 28.7 Å². The summed E-state index contributed by atoms with van der Waals surface area (Å²) in [5, 5.41) is 9.86. The lowest BCUT2D eigenvalue weighted by Gasteiger charge is -2.29. The highest BCUT2D eigenvalue weighted by atomic mass is 32.1. The lowest BCUT2D eigenvalue weighted by Crippen LogP contribution is -2.51. The Bertz CT molecular complexity index is 2770. The summed E-state index contributed by atoms with van der Waals surface area (Å²) in [6, 6.07) is 19.7. The summed E-state index contributed by atoms with van der Waals surface area (Å²) >= 11 is 3.43. The van der Waals surface area contributed by atoms with E-state index < -0.39 is 24.3 Å². The summed E-state index contributed by atoms with van der Waals surface area (Å²) in [5.74, 6) is 1.000. The van der Waals surface area contributed by atoms with Gasteiger partial charge in [0.15, 0.2) is 0 Å². The number of imidazole rings is 2. The molecule has 0 spiro atoms. The van der Waals surface area contributed by atoms with E-state index >= 15 is 0 Å². The number of carbonyl (C=O) groups is 4. The summed E-state index contributed by atoms with van der Waals surface area (Å²) in [6.45, 7) is 4.96. The van der Waals surface area contributed by atoms with Crippen molar-refractivity contribution in [2.45, 2.75) is 63.7 Å². The molecule has 4 atom stereocenters. The summed E-state index contributed by atoms with van der Waals surface area (Å²) < 4.78 is 12.0. The number of carbonyl (C=O) groups excluding carboxylic acids is 4. The van der Waals surface area contributed by atoms with Crippen LogP contribution in [0.1, 0.15) is 74.9 Å². The zero-order valence-electron chi connectivity index (χ0n) is 34.2. The van der Waals surface area contributed by atoms with Gasteiger partial charge in [-0.05, 0) is 72.6 Å².